The summed E-state index contributed by atoms with van der Waals surface area (Å²) < 4.78 is 1.41. The summed E-state index contributed by atoms with van der Waals surface area (Å²) in [6.07, 6.45) is 1.70. The lowest BCUT2D eigenvalue weighted by Gasteiger charge is -2.15. The van der Waals surface area contributed by atoms with E-state index in [0.29, 0.717) is 11.4 Å². The van der Waals surface area contributed by atoms with E-state index in [-0.39, 0.29) is 18.0 Å². The lowest BCUT2D eigenvalue weighted by Crippen LogP contribution is -2.37. The minimum Gasteiger partial charge on any atom is -0.481 e. The van der Waals surface area contributed by atoms with E-state index in [1.165, 1.54) is 21.9 Å². The molecule has 8 heteroatoms. The molecule has 0 aliphatic rings. The van der Waals surface area contributed by atoms with Crippen LogP contribution >= 0.6 is 11.3 Å². The highest BCUT2D eigenvalue weighted by atomic mass is 32.1. The monoisotopic (exact) mass is 351 g/mol. The fraction of sp³-hybridized carbons (Fsp3) is 0.500. The standard InChI is InChI=1S/C16H21N3O4S/c1-8(2)5-11(15(22)23)6-17-13(20)12-7-18-16-19(14(12)21)9(3)10(4)24-16/h7-8,11H,5-6H2,1-4H3,(H,17,20)(H,22,23). The molecule has 24 heavy (non-hydrogen) atoms. The first-order valence-corrected chi connectivity index (χ1v) is 8.52. The fourth-order valence-corrected chi connectivity index (χ4v) is 3.41. The molecule has 1 unspecified atom stereocenters. The summed E-state index contributed by atoms with van der Waals surface area (Å²) in [4.78, 5) is 41.7. The van der Waals surface area contributed by atoms with Gasteiger partial charge in [0.25, 0.3) is 11.5 Å². The number of carbonyl (C=O) groups is 2. The largest absolute Gasteiger partial charge is 0.481 e. The number of hydrogen-bond acceptors (Lipinski definition) is 5. The Kier molecular flexibility index (Phi) is 5.38. The van der Waals surface area contributed by atoms with E-state index in [0.717, 1.165) is 10.6 Å². The minimum absolute atomic E-state index is 0.0177. The number of aliphatic carboxylic acids is 1. The molecule has 0 radical (unpaired) electrons. The average Bonchev–Trinajstić information content (AvgIpc) is 2.78. The first-order chi connectivity index (χ1) is 11.2. The Balaban J connectivity index is 2.22. The number of nitrogens with one attached hydrogen (secondary N) is 1. The van der Waals surface area contributed by atoms with Crippen molar-refractivity contribution >= 4 is 28.2 Å². The maximum atomic E-state index is 12.5. The van der Waals surface area contributed by atoms with Crippen LogP contribution in [0.25, 0.3) is 4.96 Å². The maximum absolute atomic E-state index is 12.5. The summed E-state index contributed by atoms with van der Waals surface area (Å²) in [5.74, 6) is -2.04. The van der Waals surface area contributed by atoms with Crippen molar-refractivity contribution < 1.29 is 14.7 Å². The molecule has 1 amide bonds. The number of fused-ring (bicyclic) bond motifs is 1. The molecule has 7 nitrogen and oxygen atoms in total. The van der Waals surface area contributed by atoms with Gasteiger partial charge in [-0.15, -0.1) is 11.3 Å². The molecule has 2 N–H and O–H groups in total. The van der Waals surface area contributed by atoms with Gasteiger partial charge in [0.05, 0.1) is 5.92 Å². The molecular formula is C16H21N3O4S. The number of aryl methyl sites for hydroxylation is 2. The van der Waals surface area contributed by atoms with Gasteiger partial charge in [-0.2, -0.15) is 0 Å². The number of carboxylic acid groups (broad SMARTS) is 1. The number of nitrogens with zero attached hydrogens (tertiary/aromatic N) is 2. The summed E-state index contributed by atoms with van der Waals surface area (Å²) in [5.41, 5.74) is 0.238. The van der Waals surface area contributed by atoms with Gasteiger partial charge in [-0.05, 0) is 26.2 Å². The molecule has 0 aliphatic heterocycles. The molecule has 1 atom stereocenters. The molecule has 0 spiro atoms. The molecule has 0 saturated heterocycles. The third-order valence-electron chi connectivity index (χ3n) is 3.88. The Morgan fingerprint density at radius 3 is 2.62 bits per heavy atom. The highest BCUT2D eigenvalue weighted by molar-refractivity contribution is 7.17. The molecule has 0 fully saturated rings. The van der Waals surface area contributed by atoms with Crippen LogP contribution in [-0.4, -0.2) is 32.9 Å². The van der Waals surface area contributed by atoms with Crippen LogP contribution in [0, 0.1) is 25.7 Å². The maximum Gasteiger partial charge on any atom is 0.308 e. The predicted octanol–water partition coefficient (Wildman–Crippen LogP) is 1.85. The van der Waals surface area contributed by atoms with E-state index in [1.807, 2.05) is 20.8 Å². The summed E-state index contributed by atoms with van der Waals surface area (Å²) in [7, 11) is 0. The normalized spacial score (nSPS) is 12.5. The molecule has 130 valence electrons. The van der Waals surface area contributed by atoms with Crippen molar-refractivity contribution in [2.24, 2.45) is 11.8 Å². The molecule has 0 saturated carbocycles. The van der Waals surface area contributed by atoms with Crippen molar-refractivity contribution in [1.82, 2.24) is 14.7 Å². The third kappa shape index (κ3) is 3.64. The van der Waals surface area contributed by atoms with Gasteiger partial charge in [-0.25, -0.2) is 4.98 Å². The molecule has 2 aromatic heterocycles. The SMILES string of the molecule is Cc1sc2ncc(C(=O)NCC(CC(C)C)C(=O)O)c(=O)n2c1C. The first kappa shape index (κ1) is 18.1. The number of thiazole rings is 1. The van der Waals surface area contributed by atoms with Crippen molar-refractivity contribution in [3.63, 3.8) is 0 Å². The molecule has 0 aliphatic carbocycles. The van der Waals surface area contributed by atoms with Gasteiger partial charge in [0.2, 0.25) is 0 Å². The summed E-state index contributed by atoms with van der Waals surface area (Å²) in [6.45, 7) is 7.51. The number of hydrogen-bond donors (Lipinski definition) is 2. The minimum atomic E-state index is -0.960. The van der Waals surface area contributed by atoms with Crippen LogP contribution < -0.4 is 10.9 Å². The van der Waals surface area contributed by atoms with Crippen LogP contribution in [0.5, 0.6) is 0 Å². The van der Waals surface area contributed by atoms with Crippen molar-refractivity contribution in [2.75, 3.05) is 6.54 Å². The van der Waals surface area contributed by atoms with Crippen LogP contribution in [0.4, 0.5) is 0 Å². The van der Waals surface area contributed by atoms with Gasteiger partial charge in [0.15, 0.2) is 4.96 Å². The van der Waals surface area contributed by atoms with E-state index in [2.05, 4.69) is 10.3 Å². The topological polar surface area (TPSA) is 101 Å². The van der Waals surface area contributed by atoms with E-state index in [1.54, 1.807) is 6.92 Å². The summed E-state index contributed by atoms with van der Waals surface area (Å²) in [6, 6.07) is 0. The summed E-state index contributed by atoms with van der Waals surface area (Å²) in [5, 5.41) is 11.8. The van der Waals surface area contributed by atoms with Crippen molar-refractivity contribution in [3.05, 3.63) is 32.7 Å². The second-order valence-corrected chi connectivity index (χ2v) is 7.40. The summed E-state index contributed by atoms with van der Waals surface area (Å²) >= 11 is 1.38. The molecule has 2 heterocycles. The van der Waals surface area contributed by atoms with Crippen molar-refractivity contribution in [3.8, 4) is 0 Å². The molecule has 0 aromatic carbocycles. The molecular weight excluding hydrogens is 330 g/mol. The van der Waals surface area contributed by atoms with Gasteiger partial charge in [-0.1, -0.05) is 13.8 Å². The third-order valence-corrected chi connectivity index (χ3v) is 4.95. The van der Waals surface area contributed by atoms with E-state index >= 15 is 0 Å². The molecule has 2 aromatic rings. The van der Waals surface area contributed by atoms with E-state index < -0.39 is 23.4 Å². The van der Waals surface area contributed by atoms with Crippen LogP contribution in [-0.2, 0) is 4.79 Å². The number of carbonyl (C=O) groups excluding carboxylic acids is 1. The molecule has 2 rings (SSSR count). The molecule has 0 bridgehead atoms. The quantitative estimate of drug-likeness (QED) is 0.827. The van der Waals surface area contributed by atoms with Crippen LogP contribution in [0.3, 0.4) is 0 Å². The van der Waals surface area contributed by atoms with E-state index in [9.17, 15) is 19.5 Å². The van der Waals surface area contributed by atoms with Gasteiger partial charge in [-0.3, -0.25) is 18.8 Å². The van der Waals surface area contributed by atoms with Gasteiger partial charge >= 0.3 is 5.97 Å². The number of aromatic nitrogens is 2. The zero-order chi connectivity index (χ0) is 18.0. The Hall–Kier alpha value is -2.22. The van der Waals surface area contributed by atoms with Gasteiger partial charge in [0.1, 0.15) is 5.56 Å². The van der Waals surface area contributed by atoms with Crippen LogP contribution in [0.2, 0.25) is 0 Å². The Morgan fingerprint density at radius 2 is 2.04 bits per heavy atom. The number of rotatable bonds is 6. The fourth-order valence-electron chi connectivity index (χ4n) is 2.48. The smallest absolute Gasteiger partial charge is 0.308 e. The number of amides is 1. The zero-order valence-electron chi connectivity index (χ0n) is 14.1. The van der Waals surface area contributed by atoms with Crippen molar-refractivity contribution in [1.29, 1.82) is 0 Å². The Labute approximate surface area is 143 Å². The lowest BCUT2D eigenvalue weighted by atomic mass is 9.97. The van der Waals surface area contributed by atoms with E-state index in [4.69, 9.17) is 0 Å². The highest BCUT2D eigenvalue weighted by Crippen LogP contribution is 2.18. The lowest BCUT2D eigenvalue weighted by molar-refractivity contribution is -0.142. The Bertz CT molecular complexity index is 838. The predicted molar refractivity (Wildman–Crippen MR) is 91.7 cm³/mol. The zero-order valence-corrected chi connectivity index (χ0v) is 14.9. The second-order valence-electron chi connectivity index (χ2n) is 6.21. The highest BCUT2D eigenvalue weighted by Gasteiger charge is 2.22. The first-order valence-electron chi connectivity index (χ1n) is 7.71. The van der Waals surface area contributed by atoms with Gasteiger partial charge < -0.3 is 10.4 Å². The van der Waals surface area contributed by atoms with Gasteiger partial charge in [0, 0.05) is 23.3 Å². The van der Waals surface area contributed by atoms with Crippen LogP contribution in [0.1, 0.15) is 41.2 Å². The average molecular weight is 351 g/mol. The second kappa shape index (κ2) is 7.12. The number of carboxylic acids is 1. The van der Waals surface area contributed by atoms with Crippen molar-refractivity contribution in [2.45, 2.75) is 34.1 Å². The Morgan fingerprint density at radius 1 is 1.38 bits per heavy atom. The van der Waals surface area contributed by atoms with Crippen LogP contribution in [0.15, 0.2) is 11.0 Å².